The standard InChI is InChI=1S/C19H18F3N3O3S/c1-11-8-15(12(2)25(11)10-19(20,21)22)16(26)9-29-18-24-23-17(28-18)13-4-6-14(27-3)7-5-13/h4-8H,9-10H2,1-3H3. The fourth-order valence-corrected chi connectivity index (χ4v) is 3.48. The van der Waals surface area contributed by atoms with Gasteiger partial charge in [-0.1, -0.05) is 11.8 Å². The van der Waals surface area contributed by atoms with Crippen LogP contribution in [0.3, 0.4) is 0 Å². The summed E-state index contributed by atoms with van der Waals surface area (Å²) in [6.07, 6.45) is -4.36. The van der Waals surface area contributed by atoms with Crippen molar-refractivity contribution in [1.29, 1.82) is 0 Å². The van der Waals surface area contributed by atoms with Crippen LogP contribution in [0.4, 0.5) is 13.2 Å². The Morgan fingerprint density at radius 1 is 1.21 bits per heavy atom. The number of thioether (sulfide) groups is 1. The van der Waals surface area contributed by atoms with Crippen molar-refractivity contribution in [2.75, 3.05) is 12.9 Å². The molecular formula is C19H18F3N3O3S. The molecule has 0 aliphatic heterocycles. The maximum absolute atomic E-state index is 12.7. The first-order valence-electron chi connectivity index (χ1n) is 8.55. The van der Waals surface area contributed by atoms with Gasteiger partial charge >= 0.3 is 6.18 Å². The molecule has 2 aromatic heterocycles. The van der Waals surface area contributed by atoms with Crippen molar-refractivity contribution in [2.24, 2.45) is 0 Å². The molecule has 2 heterocycles. The summed E-state index contributed by atoms with van der Waals surface area (Å²) in [5, 5.41) is 8.06. The lowest BCUT2D eigenvalue weighted by atomic mass is 10.2. The highest BCUT2D eigenvalue weighted by Crippen LogP contribution is 2.27. The van der Waals surface area contributed by atoms with E-state index in [0.29, 0.717) is 22.9 Å². The molecule has 0 unspecified atom stereocenters. The van der Waals surface area contributed by atoms with Crippen LogP contribution in [0.25, 0.3) is 11.5 Å². The van der Waals surface area contributed by atoms with Crippen molar-refractivity contribution >= 4 is 17.5 Å². The van der Waals surface area contributed by atoms with E-state index in [-0.39, 0.29) is 28.0 Å². The number of carbonyl (C=O) groups is 1. The average molecular weight is 425 g/mol. The first kappa shape index (κ1) is 21.0. The first-order chi connectivity index (χ1) is 13.7. The highest BCUT2D eigenvalue weighted by Gasteiger charge is 2.30. The smallest absolute Gasteiger partial charge is 0.406 e. The van der Waals surface area contributed by atoms with Crippen molar-refractivity contribution in [3.63, 3.8) is 0 Å². The fourth-order valence-electron chi connectivity index (χ4n) is 2.83. The number of benzene rings is 1. The van der Waals surface area contributed by atoms with Gasteiger partial charge in [0.05, 0.1) is 12.9 Å². The molecule has 10 heteroatoms. The number of ether oxygens (including phenoxy) is 1. The second-order valence-electron chi connectivity index (χ2n) is 6.30. The van der Waals surface area contributed by atoms with Crippen LogP contribution in [0.2, 0.25) is 0 Å². The minimum atomic E-state index is -4.36. The molecule has 0 N–H and O–H groups in total. The number of Topliss-reactive ketones (excluding diaryl/α,β-unsaturated/α-hetero) is 1. The number of ketones is 1. The highest BCUT2D eigenvalue weighted by molar-refractivity contribution is 7.99. The van der Waals surface area contributed by atoms with Crippen LogP contribution in [-0.4, -0.2) is 39.6 Å². The summed E-state index contributed by atoms with van der Waals surface area (Å²) in [5.41, 5.74) is 1.63. The largest absolute Gasteiger partial charge is 0.497 e. The molecule has 0 amide bonds. The van der Waals surface area contributed by atoms with Crippen molar-refractivity contribution in [1.82, 2.24) is 14.8 Å². The minimum absolute atomic E-state index is 0.0272. The van der Waals surface area contributed by atoms with E-state index in [1.807, 2.05) is 0 Å². The van der Waals surface area contributed by atoms with E-state index in [2.05, 4.69) is 10.2 Å². The van der Waals surface area contributed by atoms with Crippen LogP contribution < -0.4 is 4.74 Å². The van der Waals surface area contributed by atoms with Crippen LogP contribution in [0, 0.1) is 13.8 Å². The van der Waals surface area contributed by atoms with Gasteiger partial charge in [-0.05, 0) is 44.2 Å². The number of rotatable bonds is 7. The van der Waals surface area contributed by atoms with Gasteiger partial charge in [0, 0.05) is 22.5 Å². The number of aryl methyl sites for hydroxylation is 1. The number of aromatic nitrogens is 3. The van der Waals surface area contributed by atoms with E-state index in [1.165, 1.54) is 13.0 Å². The Hall–Kier alpha value is -2.75. The third kappa shape index (κ3) is 5.00. The molecule has 0 aliphatic rings. The van der Waals surface area contributed by atoms with E-state index in [9.17, 15) is 18.0 Å². The summed E-state index contributed by atoms with van der Waals surface area (Å²) in [5.74, 6) is 0.656. The Kier molecular flexibility index (Phi) is 6.02. The minimum Gasteiger partial charge on any atom is -0.497 e. The van der Waals surface area contributed by atoms with E-state index >= 15 is 0 Å². The van der Waals surface area contributed by atoms with Crippen molar-refractivity contribution < 1.29 is 27.1 Å². The molecule has 0 spiro atoms. The van der Waals surface area contributed by atoms with Gasteiger partial charge in [0.25, 0.3) is 5.22 Å². The molecular weight excluding hydrogens is 407 g/mol. The summed E-state index contributed by atoms with van der Waals surface area (Å²) in [4.78, 5) is 12.5. The summed E-state index contributed by atoms with van der Waals surface area (Å²) in [6, 6.07) is 8.52. The summed E-state index contributed by atoms with van der Waals surface area (Å²) in [7, 11) is 1.56. The van der Waals surface area contributed by atoms with Gasteiger partial charge in [-0.3, -0.25) is 4.79 Å². The number of alkyl halides is 3. The van der Waals surface area contributed by atoms with E-state index in [0.717, 1.165) is 16.3 Å². The third-order valence-corrected chi connectivity index (χ3v) is 5.10. The number of nitrogens with zero attached hydrogens (tertiary/aromatic N) is 3. The monoisotopic (exact) mass is 425 g/mol. The van der Waals surface area contributed by atoms with Crippen LogP contribution in [0.15, 0.2) is 40.0 Å². The maximum Gasteiger partial charge on any atom is 0.406 e. The van der Waals surface area contributed by atoms with Crippen molar-refractivity contribution in [2.45, 2.75) is 31.8 Å². The fraction of sp³-hybridized carbons (Fsp3) is 0.316. The number of halogens is 3. The Morgan fingerprint density at radius 3 is 2.52 bits per heavy atom. The molecule has 6 nitrogen and oxygen atoms in total. The molecule has 0 bridgehead atoms. The lowest BCUT2D eigenvalue weighted by Gasteiger charge is -2.12. The second-order valence-corrected chi connectivity index (χ2v) is 7.23. The summed E-state index contributed by atoms with van der Waals surface area (Å²) < 4.78 is 49.9. The zero-order valence-corrected chi connectivity index (χ0v) is 16.7. The van der Waals surface area contributed by atoms with E-state index in [1.54, 1.807) is 38.3 Å². The number of methoxy groups -OCH3 is 1. The zero-order valence-electron chi connectivity index (χ0n) is 15.9. The Bertz CT molecular complexity index is 1010. The molecule has 29 heavy (non-hydrogen) atoms. The SMILES string of the molecule is COc1ccc(-c2nnc(SCC(=O)c3cc(C)n(CC(F)(F)F)c3C)o2)cc1. The molecule has 0 saturated carbocycles. The van der Waals surface area contributed by atoms with Gasteiger partial charge in [-0.25, -0.2) is 0 Å². The summed E-state index contributed by atoms with van der Waals surface area (Å²) >= 11 is 1.04. The Balaban J connectivity index is 1.67. The average Bonchev–Trinajstić information content (AvgIpc) is 3.25. The number of carbonyl (C=O) groups excluding carboxylic acids is 1. The second kappa shape index (κ2) is 8.32. The van der Waals surface area contributed by atoms with Gasteiger partial charge < -0.3 is 13.7 Å². The van der Waals surface area contributed by atoms with Crippen LogP contribution >= 0.6 is 11.8 Å². The normalized spacial score (nSPS) is 11.7. The Labute approximate surface area is 169 Å². The van der Waals surface area contributed by atoms with Crippen LogP contribution in [-0.2, 0) is 6.54 Å². The summed E-state index contributed by atoms with van der Waals surface area (Å²) in [6.45, 7) is 1.92. The molecule has 154 valence electrons. The van der Waals surface area contributed by atoms with Crippen molar-refractivity contribution in [3.05, 3.63) is 47.3 Å². The van der Waals surface area contributed by atoms with Crippen molar-refractivity contribution in [3.8, 4) is 17.2 Å². The third-order valence-electron chi connectivity index (χ3n) is 4.28. The van der Waals surface area contributed by atoms with Gasteiger partial charge in [-0.15, -0.1) is 10.2 Å². The quantitative estimate of drug-likeness (QED) is 0.404. The molecule has 0 atom stereocenters. The molecule has 1 aromatic carbocycles. The lowest BCUT2D eigenvalue weighted by Crippen LogP contribution is -2.19. The maximum atomic E-state index is 12.7. The molecule has 0 radical (unpaired) electrons. The first-order valence-corrected chi connectivity index (χ1v) is 9.54. The van der Waals surface area contributed by atoms with Gasteiger partial charge in [-0.2, -0.15) is 13.2 Å². The van der Waals surface area contributed by atoms with Gasteiger partial charge in [0.2, 0.25) is 5.89 Å². The van der Waals surface area contributed by atoms with Gasteiger partial charge in [0.15, 0.2) is 5.78 Å². The molecule has 0 aliphatic carbocycles. The van der Waals surface area contributed by atoms with E-state index in [4.69, 9.17) is 9.15 Å². The molecule has 3 rings (SSSR count). The predicted molar refractivity (Wildman–Crippen MR) is 101 cm³/mol. The number of hydrogen-bond donors (Lipinski definition) is 0. The number of hydrogen-bond acceptors (Lipinski definition) is 6. The van der Waals surface area contributed by atoms with Gasteiger partial charge in [0.1, 0.15) is 12.3 Å². The van der Waals surface area contributed by atoms with Crippen LogP contribution in [0.1, 0.15) is 21.7 Å². The molecule has 0 saturated heterocycles. The highest BCUT2D eigenvalue weighted by atomic mass is 32.2. The van der Waals surface area contributed by atoms with Crippen LogP contribution in [0.5, 0.6) is 5.75 Å². The zero-order chi connectivity index (χ0) is 21.2. The topological polar surface area (TPSA) is 70.2 Å². The van der Waals surface area contributed by atoms with E-state index < -0.39 is 12.7 Å². The molecule has 3 aromatic rings. The molecule has 0 fully saturated rings. The predicted octanol–water partition coefficient (Wildman–Crippen LogP) is 4.70. The lowest BCUT2D eigenvalue weighted by molar-refractivity contribution is -0.141. The Morgan fingerprint density at radius 2 is 1.90 bits per heavy atom.